The number of para-hydroxylation sites is 1. The van der Waals surface area contributed by atoms with Gasteiger partial charge in [0.15, 0.2) is 0 Å². The second-order valence-corrected chi connectivity index (χ2v) is 5.28. The molecule has 0 saturated carbocycles. The number of rotatable bonds is 6. The summed E-state index contributed by atoms with van der Waals surface area (Å²) in [6.07, 6.45) is 3.77. The van der Waals surface area contributed by atoms with Crippen LogP contribution in [0.4, 0.5) is 0 Å². The summed E-state index contributed by atoms with van der Waals surface area (Å²) in [5.41, 5.74) is 2.03. The predicted octanol–water partition coefficient (Wildman–Crippen LogP) is 1.69. The molecule has 0 saturated heterocycles. The van der Waals surface area contributed by atoms with E-state index in [0.717, 1.165) is 11.3 Å². The summed E-state index contributed by atoms with van der Waals surface area (Å²) < 4.78 is 1.82. The van der Waals surface area contributed by atoms with Crippen LogP contribution in [0.1, 0.15) is 12.5 Å². The van der Waals surface area contributed by atoms with Crippen molar-refractivity contribution in [3.8, 4) is 5.69 Å². The topological polar surface area (TPSA) is 50.2 Å². The highest BCUT2D eigenvalue weighted by Crippen LogP contribution is 2.10. The van der Waals surface area contributed by atoms with Crippen molar-refractivity contribution >= 4 is 5.91 Å². The average molecular weight is 286 g/mol. The third kappa shape index (κ3) is 3.92. The maximum absolute atomic E-state index is 12.2. The van der Waals surface area contributed by atoms with Gasteiger partial charge in [0.05, 0.1) is 11.9 Å². The van der Waals surface area contributed by atoms with Crippen LogP contribution in [0.25, 0.3) is 5.69 Å². The van der Waals surface area contributed by atoms with Gasteiger partial charge in [-0.05, 0) is 19.2 Å². The van der Waals surface area contributed by atoms with Crippen LogP contribution in [-0.2, 0) is 11.3 Å². The van der Waals surface area contributed by atoms with Crippen LogP contribution in [0.15, 0.2) is 42.7 Å². The van der Waals surface area contributed by atoms with Gasteiger partial charge in [0.2, 0.25) is 5.91 Å². The van der Waals surface area contributed by atoms with Crippen molar-refractivity contribution in [1.29, 1.82) is 0 Å². The first kappa shape index (κ1) is 15.3. The van der Waals surface area contributed by atoms with Gasteiger partial charge in [0.25, 0.3) is 0 Å². The fourth-order valence-electron chi connectivity index (χ4n) is 2.29. The molecule has 2 rings (SSSR count). The lowest BCUT2D eigenvalue weighted by molar-refractivity contribution is -0.134. The zero-order valence-electron chi connectivity index (χ0n) is 12.8. The second kappa shape index (κ2) is 7.04. The molecule has 1 N–H and O–H groups in total. The van der Waals surface area contributed by atoms with Crippen LogP contribution >= 0.6 is 0 Å². The lowest BCUT2D eigenvalue weighted by Gasteiger charge is -2.20. The molecule has 21 heavy (non-hydrogen) atoms. The minimum Gasteiger partial charge on any atom is -0.341 e. The van der Waals surface area contributed by atoms with E-state index in [-0.39, 0.29) is 11.8 Å². The molecule has 0 radical (unpaired) electrons. The van der Waals surface area contributed by atoms with Crippen LogP contribution < -0.4 is 5.32 Å². The zero-order chi connectivity index (χ0) is 15.2. The SMILES string of the molecule is CNCC(C)C(=O)N(C)Cc1cnn(-c2ccccc2)c1. The van der Waals surface area contributed by atoms with E-state index in [2.05, 4.69) is 10.4 Å². The summed E-state index contributed by atoms with van der Waals surface area (Å²) in [4.78, 5) is 13.9. The van der Waals surface area contributed by atoms with Crippen LogP contribution in [-0.4, -0.2) is 41.2 Å². The molecule has 0 aliphatic carbocycles. The Morgan fingerprint density at radius 1 is 1.38 bits per heavy atom. The van der Waals surface area contributed by atoms with E-state index >= 15 is 0 Å². The van der Waals surface area contributed by atoms with Crippen molar-refractivity contribution < 1.29 is 4.79 Å². The van der Waals surface area contributed by atoms with Crippen LogP contribution in [0.5, 0.6) is 0 Å². The van der Waals surface area contributed by atoms with Crippen molar-refractivity contribution in [3.05, 3.63) is 48.3 Å². The normalized spacial score (nSPS) is 12.1. The number of hydrogen-bond acceptors (Lipinski definition) is 3. The van der Waals surface area contributed by atoms with E-state index in [0.29, 0.717) is 13.1 Å². The van der Waals surface area contributed by atoms with Crippen molar-refractivity contribution in [2.75, 3.05) is 20.6 Å². The van der Waals surface area contributed by atoms with Crippen LogP contribution in [0.3, 0.4) is 0 Å². The van der Waals surface area contributed by atoms with Gasteiger partial charge < -0.3 is 10.2 Å². The quantitative estimate of drug-likeness (QED) is 0.879. The number of aromatic nitrogens is 2. The number of amides is 1. The van der Waals surface area contributed by atoms with Gasteiger partial charge >= 0.3 is 0 Å². The van der Waals surface area contributed by atoms with Crippen molar-refractivity contribution in [2.24, 2.45) is 5.92 Å². The van der Waals surface area contributed by atoms with Gasteiger partial charge in [-0.25, -0.2) is 4.68 Å². The smallest absolute Gasteiger partial charge is 0.226 e. The fraction of sp³-hybridized carbons (Fsp3) is 0.375. The number of carbonyl (C=O) groups is 1. The highest BCUT2D eigenvalue weighted by atomic mass is 16.2. The minimum absolute atomic E-state index is 0.0239. The van der Waals surface area contributed by atoms with Gasteiger partial charge in [0, 0.05) is 37.8 Å². The Kier molecular flexibility index (Phi) is 5.11. The van der Waals surface area contributed by atoms with Gasteiger partial charge in [-0.15, -0.1) is 0 Å². The number of carbonyl (C=O) groups excluding carboxylic acids is 1. The Bertz CT molecular complexity index is 579. The summed E-state index contributed by atoms with van der Waals surface area (Å²) >= 11 is 0. The Hall–Kier alpha value is -2.14. The molecule has 2 aromatic rings. The minimum atomic E-state index is -0.0239. The third-order valence-corrected chi connectivity index (χ3v) is 3.38. The molecular weight excluding hydrogens is 264 g/mol. The molecule has 1 aromatic carbocycles. The second-order valence-electron chi connectivity index (χ2n) is 5.28. The molecule has 1 heterocycles. The van der Waals surface area contributed by atoms with Crippen LogP contribution in [0, 0.1) is 5.92 Å². The summed E-state index contributed by atoms with van der Waals surface area (Å²) in [5, 5.41) is 7.38. The van der Waals surface area contributed by atoms with Gasteiger partial charge in [-0.2, -0.15) is 5.10 Å². The highest BCUT2D eigenvalue weighted by molar-refractivity contribution is 5.78. The highest BCUT2D eigenvalue weighted by Gasteiger charge is 2.17. The maximum Gasteiger partial charge on any atom is 0.226 e. The summed E-state index contributed by atoms with van der Waals surface area (Å²) in [6, 6.07) is 9.93. The van der Waals surface area contributed by atoms with E-state index < -0.39 is 0 Å². The molecule has 1 unspecified atom stereocenters. The van der Waals surface area contributed by atoms with Gasteiger partial charge in [-0.3, -0.25) is 4.79 Å². The van der Waals surface area contributed by atoms with Crippen molar-refractivity contribution in [2.45, 2.75) is 13.5 Å². The molecule has 1 aromatic heterocycles. The molecule has 0 aliphatic rings. The predicted molar refractivity (Wildman–Crippen MR) is 83.1 cm³/mol. The molecule has 0 aliphatic heterocycles. The number of nitrogens with zero attached hydrogens (tertiary/aromatic N) is 3. The molecule has 5 nitrogen and oxygen atoms in total. The third-order valence-electron chi connectivity index (χ3n) is 3.38. The molecule has 112 valence electrons. The Morgan fingerprint density at radius 2 is 2.10 bits per heavy atom. The largest absolute Gasteiger partial charge is 0.341 e. The van der Waals surface area contributed by atoms with Gasteiger partial charge in [-0.1, -0.05) is 25.1 Å². The Labute approximate surface area is 125 Å². The maximum atomic E-state index is 12.2. The van der Waals surface area contributed by atoms with E-state index in [9.17, 15) is 4.79 Å². The Balaban J connectivity index is 2.01. The summed E-state index contributed by atoms with van der Waals surface area (Å²) in [6.45, 7) is 3.19. The van der Waals surface area contributed by atoms with E-state index in [1.54, 1.807) is 11.1 Å². The number of benzene rings is 1. The van der Waals surface area contributed by atoms with Crippen LogP contribution in [0.2, 0.25) is 0 Å². The molecule has 1 amide bonds. The first-order chi connectivity index (χ1) is 10.1. The van der Waals surface area contributed by atoms with Crippen molar-refractivity contribution in [1.82, 2.24) is 20.0 Å². The molecule has 5 heteroatoms. The van der Waals surface area contributed by atoms with E-state index in [1.807, 2.05) is 62.2 Å². The lowest BCUT2D eigenvalue weighted by atomic mass is 10.1. The standard InChI is InChI=1S/C16H22N4O/c1-13(9-17-2)16(21)19(3)11-14-10-18-20(12-14)15-7-5-4-6-8-15/h4-8,10,12-13,17H,9,11H2,1-3H3. The molecular formula is C16H22N4O. The molecule has 0 fully saturated rings. The monoisotopic (exact) mass is 286 g/mol. The summed E-state index contributed by atoms with van der Waals surface area (Å²) in [5.74, 6) is 0.112. The molecule has 0 spiro atoms. The van der Waals surface area contributed by atoms with Crippen molar-refractivity contribution in [3.63, 3.8) is 0 Å². The fourth-order valence-corrected chi connectivity index (χ4v) is 2.29. The lowest BCUT2D eigenvalue weighted by Crippen LogP contribution is -2.35. The summed E-state index contributed by atoms with van der Waals surface area (Å²) in [7, 11) is 3.68. The van der Waals surface area contributed by atoms with Gasteiger partial charge in [0.1, 0.15) is 0 Å². The van der Waals surface area contributed by atoms with E-state index in [4.69, 9.17) is 0 Å². The zero-order valence-corrected chi connectivity index (χ0v) is 12.8. The Morgan fingerprint density at radius 3 is 2.76 bits per heavy atom. The first-order valence-corrected chi connectivity index (χ1v) is 7.10. The molecule has 1 atom stereocenters. The number of hydrogen-bond donors (Lipinski definition) is 1. The first-order valence-electron chi connectivity index (χ1n) is 7.10. The molecule has 0 bridgehead atoms. The van der Waals surface area contributed by atoms with E-state index in [1.165, 1.54) is 0 Å². The number of nitrogens with one attached hydrogen (secondary N) is 1. The average Bonchev–Trinajstić information content (AvgIpc) is 2.96.